The molecular formula is C19H26Cl2N2O. The van der Waals surface area contributed by atoms with E-state index in [1.807, 2.05) is 12.1 Å². The lowest BCUT2D eigenvalue weighted by molar-refractivity contribution is -0.120. The van der Waals surface area contributed by atoms with E-state index in [4.69, 9.17) is 23.2 Å². The summed E-state index contributed by atoms with van der Waals surface area (Å²) < 4.78 is 0. The molecule has 0 saturated heterocycles. The maximum atomic E-state index is 11.8. The molecule has 5 heteroatoms. The molecule has 2 N–H and O–H groups in total. The SMILES string of the molecule is O=C(CCNCCC1=CCCCC1)NCCc1ccc(Cl)cc1Cl. The highest BCUT2D eigenvalue weighted by Crippen LogP contribution is 2.21. The predicted molar refractivity (Wildman–Crippen MR) is 102 cm³/mol. The Balaban J connectivity index is 1.52. The van der Waals surface area contributed by atoms with Gasteiger partial charge in [0.25, 0.3) is 0 Å². The van der Waals surface area contributed by atoms with Gasteiger partial charge in [0.2, 0.25) is 5.91 Å². The number of hydrogen-bond acceptors (Lipinski definition) is 2. The van der Waals surface area contributed by atoms with E-state index < -0.39 is 0 Å². The molecule has 0 saturated carbocycles. The minimum absolute atomic E-state index is 0.0736. The van der Waals surface area contributed by atoms with Crippen LogP contribution in [-0.2, 0) is 11.2 Å². The Hall–Kier alpha value is -1.03. The fourth-order valence-electron chi connectivity index (χ4n) is 2.86. The van der Waals surface area contributed by atoms with E-state index in [0.29, 0.717) is 29.4 Å². The van der Waals surface area contributed by atoms with Gasteiger partial charge in [0.05, 0.1) is 0 Å². The number of allylic oxidation sites excluding steroid dienone is 1. The first-order valence-corrected chi connectivity index (χ1v) is 9.50. The summed E-state index contributed by atoms with van der Waals surface area (Å²) in [6, 6.07) is 5.44. The van der Waals surface area contributed by atoms with Crippen LogP contribution >= 0.6 is 23.2 Å². The molecule has 1 aromatic rings. The molecule has 0 heterocycles. The highest BCUT2D eigenvalue weighted by molar-refractivity contribution is 6.35. The minimum atomic E-state index is 0.0736. The van der Waals surface area contributed by atoms with E-state index >= 15 is 0 Å². The van der Waals surface area contributed by atoms with Crippen LogP contribution in [0.5, 0.6) is 0 Å². The van der Waals surface area contributed by atoms with Crippen molar-refractivity contribution in [1.82, 2.24) is 10.6 Å². The summed E-state index contributed by atoms with van der Waals surface area (Å²) >= 11 is 12.0. The summed E-state index contributed by atoms with van der Waals surface area (Å²) in [5, 5.41) is 7.56. The third-order valence-electron chi connectivity index (χ3n) is 4.27. The summed E-state index contributed by atoms with van der Waals surface area (Å²) in [6.07, 6.45) is 9.84. The number of hydrogen-bond donors (Lipinski definition) is 2. The van der Waals surface area contributed by atoms with Crippen molar-refractivity contribution in [3.05, 3.63) is 45.5 Å². The zero-order valence-corrected chi connectivity index (χ0v) is 15.6. The molecule has 0 aromatic heterocycles. The van der Waals surface area contributed by atoms with E-state index in [-0.39, 0.29) is 5.91 Å². The van der Waals surface area contributed by atoms with Crippen LogP contribution in [0, 0.1) is 0 Å². The molecule has 0 fully saturated rings. The van der Waals surface area contributed by atoms with Gasteiger partial charge in [-0.25, -0.2) is 0 Å². The molecule has 1 aliphatic carbocycles. The van der Waals surface area contributed by atoms with Crippen LogP contribution < -0.4 is 10.6 Å². The fourth-order valence-corrected chi connectivity index (χ4v) is 3.36. The average Bonchev–Trinajstić information content (AvgIpc) is 2.57. The van der Waals surface area contributed by atoms with Crippen molar-refractivity contribution in [2.75, 3.05) is 19.6 Å². The molecule has 0 unspecified atom stereocenters. The number of nitrogens with one attached hydrogen (secondary N) is 2. The lowest BCUT2D eigenvalue weighted by Gasteiger charge is -2.13. The van der Waals surface area contributed by atoms with Crippen molar-refractivity contribution in [3.8, 4) is 0 Å². The lowest BCUT2D eigenvalue weighted by atomic mass is 9.97. The number of halogens is 2. The third kappa shape index (κ3) is 7.25. The maximum Gasteiger partial charge on any atom is 0.221 e. The molecule has 0 radical (unpaired) electrons. The molecule has 1 amide bonds. The topological polar surface area (TPSA) is 41.1 Å². The monoisotopic (exact) mass is 368 g/mol. The van der Waals surface area contributed by atoms with Crippen molar-refractivity contribution in [2.45, 2.75) is 44.9 Å². The number of carbonyl (C=O) groups is 1. The van der Waals surface area contributed by atoms with E-state index in [9.17, 15) is 4.79 Å². The van der Waals surface area contributed by atoms with Crippen LogP contribution in [-0.4, -0.2) is 25.5 Å². The zero-order valence-electron chi connectivity index (χ0n) is 14.0. The van der Waals surface area contributed by atoms with Gasteiger partial charge in [0, 0.05) is 29.6 Å². The highest BCUT2D eigenvalue weighted by atomic mass is 35.5. The lowest BCUT2D eigenvalue weighted by Crippen LogP contribution is -2.29. The Bertz CT molecular complexity index is 572. The molecule has 3 nitrogen and oxygen atoms in total. The second-order valence-electron chi connectivity index (χ2n) is 6.19. The molecule has 0 aliphatic heterocycles. The van der Waals surface area contributed by atoms with Gasteiger partial charge < -0.3 is 10.6 Å². The van der Waals surface area contributed by atoms with Gasteiger partial charge in [0.15, 0.2) is 0 Å². The first kappa shape index (κ1) is 19.3. The molecule has 1 aromatic carbocycles. The molecule has 0 spiro atoms. The third-order valence-corrected chi connectivity index (χ3v) is 4.86. The standard InChI is InChI=1S/C19H26Cl2N2O/c20-17-7-6-16(18(21)14-17)9-13-23-19(24)10-12-22-11-8-15-4-2-1-3-5-15/h4,6-7,14,22H,1-3,5,8-13H2,(H,23,24). The largest absolute Gasteiger partial charge is 0.356 e. The van der Waals surface area contributed by atoms with Gasteiger partial charge in [-0.3, -0.25) is 4.79 Å². The van der Waals surface area contributed by atoms with E-state index in [0.717, 1.165) is 25.1 Å². The van der Waals surface area contributed by atoms with Gasteiger partial charge in [0.1, 0.15) is 0 Å². The molecule has 1 aliphatic rings. The summed E-state index contributed by atoms with van der Waals surface area (Å²) in [4.78, 5) is 11.8. The smallest absolute Gasteiger partial charge is 0.221 e. The van der Waals surface area contributed by atoms with Crippen molar-refractivity contribution < 1.29 is 4.79 Å². The van der Waals surface area contributed by atoms with Crippen LogP contribution in [0.25, 0.3) is 0 Å². The van der Waals surface area contributed by atoms with E-state index in [1.54, 1.807) is 11.6 Å². The molecule has 24 heavy (non-hydrogen) atoms. The Kier molecular flexibility index (Phi) is 8.65. The maximum absolute atomic E-state index is 11.8. The zero-order chi connectivity index (χ0) is 17.2. The average molecular weight is 369 g/mol. The Morgan fingerprint density at radius 3 is 2.71 bits per heavy atom. The van der Waals surface area contributed by atoms with Crippen LogP contribution in [0.4, 0.5) is 0 Å². The second kappa shape index (κ2) is 10.8. The summed E-state index contributed by atoms with van der Waals surface area (Å²) in [7, 11) is 0. The van der Waals surface area contributed by atoms with Gasteiger partial charge in [-0.05, 0) is 62.8 Å². The number of amides is 1. The summed E-state index contributed by atoms with van der Waals surface area (Å²) in [5.41, 5.74) is 2.57. The Labute approximate surface area is 154 Å². The number of rotatable bonds is 9. The van der Waals surface area contributed by atoms with Crippen molar-refractivity contribution in [1.29, 1.82) is 0 Å². The van der Waals surface area contributed by atoms with Crippen molar-refractivity contribution in [2.24, 2.45) is 0 Å². The predicted octanol–water partition coefficient (Wildman–Crippen LogP) is 4.52. The highest BCUT2D eigenvalue weighted by Gasteiger charge is 2.05. The van der Waals surface area contributed by atoms with Crippen molar-refractivity contribution in [3.63, 3.8) is 0 Å². The van der Waals surface area contributed by atoms with Gasteiger partial charge >= 0.3 is 0 Å². The molecule has 132 valence electrons. The first-order valence-electron chi connectivity index (χ1n) is 8.74. The van der Waals surface area contributed by atoms with Crippen LogP contribution in [0.15, 0.2) is 29.8 Å². The quantitative estimate of drug-likeness (QED) is 0.496. The summed E-state index contributed by atoms with van der Waals surface area (Å²) in [6.45, 7) is 2.27. The van der Waals surface area contributed by atoms with E-state index in [2.05, 4.69) is 16.7 Å². The first-order chi connectivity index (χ1) is 11.6. The Morgan fingerprint density at radius 2 is 1.96 bits per heavy atom. The van der Waals surface area contributed by atoms with Crippen LogP contribution in [0.1, 0.15) is 44.1 Å². The van der Waals surface area contributed by atoms with Crippen LogP contribution in [0.3, 0.4) is 0 Å². The normalized spacial score (nSPS) is 14.3. The van der Waals surface area contributed by atoms with E-state index in [1.165, 1.54) is 25.7 Å². The molecule has 0 bridgehead atoms. The van der Waals surface area contributed by atoms with Gasteiger partial charge in [-0.2, -0.15) is 0 Å². The second-order valence-corrected chi connectivity index (χ2v) is 7.04. The number of carbonyl (C=O) groups excluding carboxylic acids is 1. The fraction of sp³-hybridized carbons (Fsp3) is 0.526. The van der Waals surface area contributed by atoms with Crippen LogP contribution in [0.2, 0.25) is 10.0 Å². The van der Waals surface area contributed by atoms with Gasteiger partial charge in [-0.15, -0.1) is 0 Å². The van der Waals surface area contributed by atoms with Gasteiger partial charge in [-0.1, -0.05) is 40.9 Å². The minimum Gasteiger partial charge on any atom is -0.356 e. The molecule has 2 rings (SSSR count). The number of benzene rings is 1. The molecular weight excluding hydrogens is 343 g/mol. The Morgan fingerprint density at radius 1 is 1.08 bits per heavy atom. The molecule has 0 atom stereocenters. The summed E-state index contributed by atoms with van der Waals surface area (Å²) in [5.74, 6) is 0.0736. The van der Waals surface area contributed by atoms with Crippen molar-refractivity contribution >= 4 is 29.1 Å².